The Balaban J connectivity index is 1.45. The largest absolute Gasteiger partial charge is 0.480 e. The highest BCUT2D eigenvalue weighted by Crippen LogP contribution is 2.33. The number of amides is 1. The first-order valence-electron chi connectivity index (χ1n) is 8.26. The van der Waals surface area contributed by atoms with Crippen LogP contribution in [0.4, 0.5) is 4.39 Å². The zero-order valence-electron chi connectivity index (χ0n) is 13.5. The van der Waals surface area contributed by atoms with Gasteiger partial charge in [0, 0.05) is 42.1 Å². The van der Waals surface area contributed by atoms with Gasteiger partial charge in [-0.05, 0) is 38.0 Å². The Hall–Kier alpha value is -1.95. The van der Waals surface area contributed by atoms with Crippen LogP contribution in [0.25, 0.3) is 0 Å². The normalized spacial score (nSPS) is 23.0. The lowest BCUT2D eigenvalue weighted by molar-refractivity contribution is -0.139. The van der Waals surface area contributed by atoms with Gasteiger partial charge in [-0.25, -0.2) is 9.37 Å². The highest BCUT2D eigenvalue weighted by molar-refractivity contribution is 7.09. The maximum atomic E-state index is 13.3. The number of aromatic nitrogens is 1. The number of carbonyl (C=O) groups is 1. The monoisotopic (exact) mass is 346 g/mol. The van der Waals surface area contributed by atoms with E-state index < -0.39 is 6.10 Å². The summed E-state index contributed by atoms with van der Waals surface area (Å²) in [6, 6.07) is 4.43. The molecule has 1 saturated heterocycles. The molecule has 0 saturated carbocycles. The fourth-order valence-corrected chi connectivity index (χ4v) is 4.42. The Kier molecular flexibility index (Phi) is 4.00. The van der Waals surface area contributed by atoms with Gasteiger partial charge in [0.05, 0.1) is 5.01 Å². The summed E-state index contributed by atoms with van der Waals surface area (Å²) < 4.78 is 19.1. The van der Waals surface area contributed by atoms with E-state index in [4.69, 9.17) is 4.74 Å². The van der Waals surface area contributed by atoms with Gasteiger partial charge >= 0.3 is 0 Å². The number of hydrogen-bond donors (Lipinski definition) is 0. The van der Waals surface area contributed by atoms with Gasteiger partial charge in [-0.15, -0.1) is 11.3 Å². The van der Waals surface area contributed by atoms with Crippen LogP contribution in [0.1, 0.15) is 35.0 Å². The first kappa shape index (κ1) is 15.6. The molecular weight excluding hydrogens is 327 g/mol. The fourth-order valence-electron chi connectivity index (χ4n) is 3.50. The molecule has 1 fully saturated rings. The molecule has 1 amide bonds. The van der Waals surface area contributed by atoms with Crippen LogP contribution >= 0.6 is 11.3 Å². The maximum absolute atomic E-state index is 13.3. The van der Waals surface area contributed by atoms with E-state index in [0.29, 0.717) is 24.6 Å². The number of ether oxygens (including phenoxy) is 1. The second kappa shape index (κ2) is 6.16. The molecule has 2 aliphatic heterocycles. The average molecular weight is 346 g/mol. The number of rotatable bonds is 2. The predicted molar refractivity (Wildman–Crippen MR) is 89.9 cm³/mol. The van der Waals surface area contributed by atoms with Crippen molar-refractivity contribution in [3.05, 3.63) is 45.7 Å². The third-order valence-electron chi connectivity index (χ3n) is 4.69. The number of halogens is 1. The van der Waals surface area contributed by atoms with Crippen molar-refractivity contribution in [1.82, 2.24) is 9.88 Å². The zero-order chi connectivity index (χ0) is 16.7. The lowest BCUT2D eigenvalue weighted by Crippen LogP contribution is -2.45. The first-order valence-corrected chi connectivity index (χ1v) is 9.14. The highest BCUT2D eigenvalue weighted by atomic mass is 32.1. The number of carbonyl (C=O) groups excluding carboxylic acids is 1. The zero-order valence-corrected chi connectivity index (χ0v) is 14.3. The van der Waals surface area contributed by atoms with Gasteiger partial charge in [-0.2, -0.15) is 0 Å². The van der Waals surface area contributed by atoms with Crippen LogP contribution in [0.15, 0.2) is 23.6 Å². The number of aryl methyl sites for hydroxylation is 1. The van der Waals surface area contributed by atoms with Crippen LogP contribution < -0.4 is 4.74 Å². The molecule has 0 bridgehead atoms. The summed E-state index contributed by atoms with van der Waals surface area (Å²) in [6.07, 6.45) is 1.96. The molecule has 0 N–H and O–H groups in total. The van der Waals surface area contributed by atoms with Crippen molar-refractivity contribution in [2.45, 2.75) is 38.2 Å². The molecule has 1 aromatic heterocycles. The first-order chi connectivity index (χ1) is 11.6. The number of thiazole rings is 1. The summed E-state index contributed by atoms with van der Waals surface area (Å²) in [4.78, 5) is 19.3. The van der Waals surface area contributed by atoms with E-state index in [9.17, 15) is 9.18 Å². The summed E-state index contributed by atoms with van der Waals surface area (Å²) in [7, 11) is 0. The summed E-state index contributed by atoms with van der Waals surface area (Å²) >= 11 is 1.67. The Labute approximate surface area is 144 Å². The number of benzene rings is 1. The number of nitrogens with zero attached hydrogens (tertiary/aromatic N) is 2. The third-order valence-corrected chi connectivity index (χ3v) is 5.82. The summed E-state index contributed by atoms with van der Waals surface area (Å²) in [5, 5.41) is 3.17. The highest BCUT2D eigenvalue weighted by Gasteiger charge is 2.35. The molecular formula is C18H19FN2O2S. The quantitative estimate of drug-likeness (QED) is 0.838. The third kappa shape index (κ3) is 2.90. The minimum atomic E-state index is -0.529. The van der Waals surface area contributed by atoms with Crippen LogP contribution in [-0.2, 0) is 11.2 Å². The number of hydrogen-bond acceptors (Lipinski definition) is 4. The van der Waals surface area contributed by atoms with E-state index in [1.54, 1.807) is 17.4 Å². The Bertz CT molecular complexity index is 776. The fraction of sp³-hybridized carbons (Fsp3) is 0.444. The summed E-state index contributed by atoms with van der Waals surface area (Å²) in [5.41, 5.74) is 1.81. The maximum Gasteiger partial charge on any atom is 0.264 e. The Morgan fingerprint density at radius 2 is 2.33 bits per heavy atom. The van der Waals surface area contributed by atoms with Crippen LogP contribution in [0.3, 0.4) is 0 Å². The molecule has 3 heterocycles. The van der Waals surface area contributed by atoms with Gasteiger partial charge in [0.15, 0.2) is 6.10 Å². The molecule has 1 aromatic carbocycles. The van der Waals surface area contributed by atoms with Gasteiger partial charge < -0.3 is 9.64 Å². The summed E-state index contributed by atoms with van der Waals surface area (Å²) in [6.45, 7) is 3.44. The molecule has 6 heteroatoms. The van der Waals surface area contributed by atoms with E-state index in [2.05, 4.69) is 10.4 Å². The molecule has 2 atom stereocenters. The van der Waals surface area contributed by atoms with Gasteiger partial charge in [0.2, 0.25) is 0 Å². The van der Waals surface area contributed by atoms with Gasteiger partial charge in [0.1, 0.15) is 11.6 Å². The van der Waals surface area contributed by atoms with Crippen LogP contribution in [0, 0.1) is 12.7 Å². The van der Waals surface area contributed by atoms with Crippen LogP contribution in [0.5, 0.6) is 5.75 Å². The molecule has 24 heavy (non-hydrogen) atoms. The molecule has 0 spiro atoms. The van der Waals surface area contributed by atoms with Crippen molar-refractivity contribution in [1.29, 1.82) is 0 Å². The predicted octanol–water partition coefficient (Wildman–Crippen LogP) is 3.30. The molecule has 0 aliphatic carbocycles. The van der Waals surface area contributed by atoms with Gasteiger partial charge in [-0.1, -0.05) is 0 Å². The van der Waals surface area contributed by atoms with Crippen molar-refractivity contribution >= 4 is 17.2 Å². The van der Waals surface area contributed by atoms with Crippen molar-refractivity contribution in [3.8, 4) is 5.75 Å². The molecule has 4 rings (SSSR count). The Morgan fingerprint density at radius 1 is 1.46 bits per heavy atom. The lowest BCUT2D eigenvalue weighted by Gasteiger charge is -2.33. The average Bonchev–Trinajstić information content (AvgIpc) is 3.20. The lowest BCUT2D eigenvalue weighted by atomic mass is 9.98. The van der Waals surface area contributed by atoms with E-state index >= 15 is 0 Å². The molecule has 0 unspecified atom stereocenters. The van der Waals surface area contributed by atoms with E-state index in [1.165, 1.54) is 12.1 Å². The number of likely N-dealkylation sites (tertiary alicyclic amines) is 1. The van der Waals surface area contributed by atoms with Crippen molar-refractivity contribution in [2.75, 3.05) is 13.1 Å². The standard InChI is InChI=1S/C18H19FN2O2S/c1-11-10-24-17(20-11)12-3-2-6-21(9-12)18(22)16-8-13-7-14(19)4-5-15(13)23-16/h4-5,7,10,12,16H,2-3,6,8-9H2,1H3/t12-,16-/m1/s1. The second-order valence-corrected chi connectivity index (χ2v) is 7.40. The van der Waals surface area contributed by atoms with Crippen LogP contribution in [0.2, 0.25) is 0 Å². The van der Waals surface area contributed by atoms with E-state index in [0.717, 1.165) is 35.7 Å². The molecule has 0 radical (unpaired) electrons. The topological polar surface area (TPSA) is 42.4 Å². The Morgan fingerprint density at radius 3 is 3.12 bits per heavy atom. The van der Waals surface area contributed by atoms with Crippen molar-refractivity contribution < 1.29 is 13.9 Å². The van der Waals surface area contributed by atoms with Gasteiger partial charge in [-0.3, -0.25) is 4.79 Å². The minimum Gasteiger partial charge on any atom is -0.480 e. The molecule has 4 nitrogen and oxygen atoms in total. The van der Waals surface area contributed by atoms with Crippen molar-refractivity contribution in [2.24, 2.45) is 0 Å². The smallest absolute Gasteiger partial charge is 0.264 e. The second-order valence-electron chi connectivity index (χ2n) is 6.51. The SMILES string of the molecule is Cc1csc([C@@H]2CCCN(C(=O)[C@H]3Cc4cc(F)ccc4O3)C2)n1. The number of piperidine rings is 1. The molecule has 2 aromatic rings. The van der Waals surface area contributed by atoms with Crippen molar-refractivity contribution in [3.63, 3.8) is 0 Å². The minimum absolute atomic E-state index is 0.00425. The molecule has 2 aliphatic rings. The van der Waals surface area contributed by atoms with Crippen LogP contribution in [-0.4, -0.2) is 35.0 Å². The van der Waals surface area contributed by atoms with E-state index in [-0.39, 0.29) is 11.7 Å². The summed E-state index contributed by atoms with van der Waals surface area (Å²) in [5.74, 6) is 0.647. The number of fused-ring (bicyclic) bond motifs is 1. The van der Waals surface area contributed by atoms with Gasteiger partial charge in [0.25, 0.3) is 5.91 Å². The van der Waals surface area contributed by atoms with E-state index in [1.807, 2.05) is 11.8 Å². The molecule has 126 valence electrons.